The molecule has 0 aliphatic heterocycles. The van der Waals surface area contributed by atoms with Crippen molar-refractivity contribution in [1.82, 2.24) is 0 Å². The minimum absolute atomic E-state index is 0.0222. The first kappa shape index (κ1) is 14.7. The van der Waals surface area contributed by atoms with E-state index in [0.29, 0.717) is 17.9 Å². The lowest BCUT2D eigenvalue weighted by Gasteiger charge is -2.15. The van der Waals surface area contributed by atoms with E-state index in [1.807, 2.05) is 6.92 Å². The molecule has 0 aliphatic rings. The van der Waals surface area contributed by atoms with Crippen LogP contribution < -0.4 is 15.2 Å². The van der Waals surface area contributed by atoms with Gasteiger partial charge in [-0.2, -0.15) is 0 Å². The lowest BCUT2D eigenvalue weighted by atomic mass is 10.0. The fourth-order valence-electron chi connectivity index (χ4n) is 1.56. The molecule has 3 nitrogen and oxygen atoms in total. The SMILES string of the molecule is CCC(N)Cc1cc(OC)ccc1OCC(F)F. The zero-order valence-corrected chi connectivity index (χ0v) is 10.7. The maximum atomic E-state index is 12.2. The molecule has 0 radical (unpaired) electrons. The van der Waals surface area contributed by atoms with Gasteiger partial charge in [0.2, 0.25) is 0 Å². The summed E-state index contributed by atoms with van der Waals surface area (Å²) in [6, 6.07) is 5.07. The standard InChI is InChI=1S/C13H19F2NO2/c1-3-10(16)6-9-7-11(17-2)4-5-12(9)18-8-13(14)15/h4-5,7,10,13H,3,6,8,16H2,1-2H3. The number of methoxy groups -OCH3 is 1. The third kappa shape index (κ3) is 4.49. The Labute approximate surface area is 106 Å². The molecule has 1 aromatic carbocycles. The molecule has 0 heterocycles. The van der Waals surface area contributed by atoms with Gasteiger partial charge in [-0.3, -0.25) is 0 Å². The van der Waals surface area contributed by atoms with E-state index in [9.17, 15) is 8.78 Å². The molecule has 0 aliphatic carbocycles. The Balaban J connectivity index is 2.85. The molecule has 1 aromatic rings. The highest BCUT2D eigenvalue weighted by molar-refractivity contribution is 5.40. The normalized spacial score (nSPS) is 12.6. The molecule has 1 atom stereocenters. The molecular weight excluding hydrogens is 240 g/mol. The molecule has 2 N–H and O–H groups in total. The second kappa shape index (κ2) is 7.16. The quantitative estimate of drug-likeness (QED) is 0.818. The summed E-state index contributed by atoms with van der Waals surface area (Å²) < 4.78 is 34.5. The molecule has 18 heavy (non-hydrogen) atoms. The molecule has 0 amide bonds. The smallest absolute Gasteiger partial charge is 0.272 e. The van der Waals surface area contributed by atoms with Crippen LogP contribution in [0.4, 0.5) is 8.78 Å². The minimum Gasteiger partial charge on any atom is -0.497 e. The highest BCUT2D eigenvalue weighted by atomic mass is 19.3. The Kier molecular flexibility index (Phi) is 5.85. The summed E-state index contributed by atoms with van der Waals surface area (Å²) in [5.74, 6) is 1.11. The summed E-state index contributed by atoms with van der Waals surface area (Å²) >= 11 is 0. The van der Waals surface area contributed by atoms with Crippen molar-refractivity contribution in [3.63, 3.8) is 0 Å². The van der Waals surface area contributed by atoms with Crippen LogP contribution in [0.15, 0.2) is 18.2 Å². The number of ether oxygens (including phenoxy) is 2. The fraction of sp³-hybridized carbons (Fsp3) is 0.538. The van der Waals surface area contributed by atoms with E-state index < -0.39 is 13.0 Å². The van der Waals surface area contributed by atoms with Gasteiger partial charge in [-0.1, -0.05) is 6.92 Å². The first-order valence-electron chi connectivity index (χ1n) is 5.90. The molecule has 1 unspecified atom stereocenters. The summed E-state index contributed by atoms with van der Waals surface area (Å²) in [4.78, 5) is 0. The number of rotatable bonds is 7. The molecule has 5 heteroatoms. The van der Waals surface area contributed by atoms with E-state index in [1.54, 1.807) is 25.3 Å². The van der Waals surface area contributed by atoms with Gasteiger partial charge in [0.05, 0.1) is 7.11 Å². The van der Waals surface area contributed by atoms with Gasteiger partial charge in [-0.25, -0.2) is 8.78 Å². The zero-order valence-electron chi connectivity index (χ0n) is 10.7. The molecule has 0 aromatic heterocycles. The third-order valence-electron chi connectivity index (χ3n) is 2.64. The van der Waals surface area contributed by atoms with Crippen LogP contribution in [0.25, 0.3) is 0 Å². The maximum Gasteiger partial charge on any atom is 0.272 e. The number of halogens is 2. The van der Waals surface area contributed by atoms with E-state index in [-0.39, 0.29) is 6.04 Å². The summed E-state index contributed by atoms with van der Waals surface area (Å²) in [5.41, 5.74) is 6.67. The van der Waals surface area contributed by atoms with Gasteiger partial charge in [0, 0.05) is 6.04 Å². The number of alkyl halides is 2. The summed E-state index contributed by atoms with van der Waals surface area (Å²) in [5, 5.41) is 0. The van der Waals surface area contributed by atoms with Crippen LogP contribution in [-0.4, -0.2) is 26.2 Å². The van der Waals surface area contributed by atoms with Crippen molar-refractivity contribution in [2.24, 2.45) is 5.73 Å². The van der Waals surface area contributed by atoms with E-state index in [1.165, 1.54) is 0 Å². The van der Waals surface area contributed by atoms with Crippen molar-refractivity contribution in [2.75, 3.05) is 13.7 Å². The molecule has 0 saturated carbocycles. The van der Waals surface area contributed by atoms with Crippen LogP contribution in [-0.2, 0) is 6.42 Å². The van der Waals surface area contributed by atoms with E-state index >= 15 is 0 Å². The topological polar surface area (TPSA) is 44.5 Å². The van der Waals surface area contributed by atoms with Gasteiger partial charge in [-0.05, 0) is 36.6 Å². The van der Waals surface area contributed by atoms with E-state index in [2.05, 4.69) is 0 Å². The van der Waals surface area contributed by atoms with Crippen molar-refractivity contribution in [1.29, 1.82) is 0 Å². The lowest BCUT2D eigenvalue weighted by Crippen LogP contribution is -2.22. The number of hydrogen-bond donors (Lipinski definition) is 1. The monoisotopic (exact) mass is 259 g/mol. The Morgan fingerprint density at radius 1 is 1.33 bits per heavy atom. The van der Waals surface area contributed by atoms with Crippen LogP contribution >= 0.6 is 0 Å². The van der Waals surface area contributed by atoms with Crippen molar-refractivity contribution in [2.45, 2.75) is 32.2 Å². The fourth-order valence-corrected chi connectivity index (χ4v) is 1.56. The predicted octanol–water partition coefficient (Wildman–Crippen LogP) is 2.62. The van der Waals surface area contributed by atoms with Crippen molar-refractivity contribution in [3.05, 3.63) is 23.8 Å². The average molecular weight is 259 g/mol. The van der Waals surface area contributed by atoms with Crippen LogP contribution in [0, 0.1) is 0 Å². The highest BCUT2D eigenvalue weighted by Gasteiger charge is 2.11. The predicted molar refractivity (Wildman–Crippen MR) is 66.5 cm³/mol. The molecule has 102 valence electrons. The molecule has 0 fully saturated rings. The molecule has 1 rings (SSSR count). The maximum absolute atomic E-state index is 12.2. The van der Waals surface area contributed by atoms with Gasteiger partial charge < -0.3 is 15.2 Å². The highest BCUT2D eigenvalue weighted by Crippen LogP contribution is 2.26. The van der Waals surface area contributed by atoms with Crippen LogP contribution in [0.2, 0.25) is 0 Å². The van der Waals surface area contributed by atoms with E-state index in [4.69, 9.17) is 15.2 Å². The molecular formula is C13H19F2NO2. The van der Waals surface area contributed by atoms with Gasteiger partial charge in [0.15, 0.2) is 0 Å². The van der Waals surface area contributed by atoms with E-state index in [0.717, 1.165) is 12.0 Å². The number of benzene rings is 1. The van der Waals surface area contributed by atoms with Gasteiger partial charge in [0.25, 0.3) is 6.43 Å². The van der Waals surface area contributed by atoms with Crippen LogP contribution in [0.1, 0.15) is 18.9 Å². The summed E-state index contributed by atoms with van der Waals surface area (Å²) in [6.07, 6.45) is -1.10. The van der Waals surface area contributed by atoms with Crippen LogP contribution in [0.3, 0.4) is 0 Å². The summed E-state index contributed by atoms with van der Waals surface area (Å²) in [7, 11) is 1.55. The Morgan fingerprint density at radius 3 is 2.61 bits per heavy atom. The van der Waals surface area contributed by atoms with Gasteiger partial charge >= 0.3 is 0 Å². The third-order valence-corrected chi connectivity index (χ3v) is 2.64. The first-order valence-corrected chi connectivity index (χ1v) is 5.90. The number of hydrogen-bond acceptors (Lipinski definition) is 3. The van der Waals surface area contributed by atoms with Crippen molar-refractivity contribution >= 4 is 0 Å². The van der Waals surface area contributed by atoms with Crippen molar-refractivity contribution < 1.29 is 18.3 Å². The number of nitrogens with two attached hydrogens (primary N) is 1. The lowest BCUT2D eigenvalue weighted by molar-refractivity contribution is 0.0813. The molecule has 0 spiro atoms. The van der Waals surface area contributed by atoms with Gasteiger partial charge in [0.1, 0.15) is 18.1 Å². The molecule has 0 saturated heterocycles. The Bertz CT molecular complexity index is 372. The average Bonchev–Trinajstić information content (AvgIpc) is 2.36. The second-order valence-electron chi connectivity index (χ2n) is 4.05. The zero-order chi connectivity index (χ0) is 13.5. The molecule has 0 bridgehead atoms. The largest absolute Gasteiger partial charge is 0.497 e. The van der Waals surface area contributed by atoms with Gasteiger partial charge in [-0.15, -0.1) is 0 Å². The first-order chi connectivity index (χ1) is 8.56. The second-order valence-corrected chi connectivity index (χ2v) is 4.05. The van der Waals surface area contributed by atoms with Crippen molar-refractivity contribution in [3.8, 4) is 11.5 Å². The minimum atomic E-state index is -2.49. The summed E-state index contributed by atoms with van der Waals surface area (Å²) in [6.45, 7) is 1.37. The Morgan fingerprint density at radius 2 is 2.06 bits per heavy atom. The Hall–Kier alpha value is -1.36. The van der Waals surface area contributed by atoms with Crippen LogP contribution in [0.5, 0.6) is 11.5 Å².